The van der Waals surface area contributed by atoms with Crippen LogP contribution in [0.4, 0.5) is 0 Å². The first-order valence-electron chi connectivity index (χ1n) is 7.58. The molecule has 2 atom stereocenters. The molecule has 1 aliphatic rings. The maximum Gasteiger partial charge on any atom is 0.255 e. The molecular weight excluding hydrogens is 280 g/mol. The van der Waals surface area contributed by atoms with Gasteiger partial charge in [-0.25, -0.2) is 9.97 Å². The fraction of sp³-hybridized carbons (Fsp3) is 0.438. The minimum atomic E-state index is -0.389. The van der Waals surface area contributed by atoms with Crippen LogP contribution < -0.4 is 0 Å². The molecule has 1 saturated heterocycles. The van der Waals surface area contributed by atoms with Crippen molar-refractivity contribution in [2.45, 2.75) is 38.3 Å². The van der Waals surface area contributed by atoms with Gasteiger partial charge in [0.1, 0.15) is 12.1 Å². The molecule has 0 bridgehead atoms. The lowest BCUT2D eigenvalue weighted by molar-refractivity contribution is 0.0681. The Kier molecular flexibility index (Phi) is 4.20. The highest BCUT2D eigenvalue weighted by atomic mass is 16.3. The van der Waals surface area contributed by atoms with Gasteiger partial charge in [0.15, 0.2) is 0 Å². The number of pyridine rings is 1. The van der Waals surface area contributed by atoms with E-state index in [1.807, 2.05) is 17.2 Å². The number of amides is 1. The molecule has 0 radical (unpaired) electrons. The number of aromatic nitrogens is 3. The zero-order valence-corrected chi connectivity index (χ0v) is 12.6. The highest BCUT2D eigenvalue weighted by Gasteiger charge is 2.30. The van der Waals surface area contributed by atoms with Crippen molar-refractivity contribution in [3.63, 3.8) is 0 Å². The number of likely N-dealkylation sites (tertiary alicyclic amines) is 1. The van der Waals surface area contributed by atoms with Gasteiger partial charge in [0.25, 0.3) is 5.91 Å². The largest absolute Gasteiger partial charge is 0.393 e. The van der Waals surface area contributed by atoms with E-state index in [1.165, 1.54) is 0 Å². The first kappa shape index (κ1) is 14.7. The van der Waals surface area contributed by atoms with E-state index in [4.69, 9.17) is 0 Å². The zero-order chi connectivity index (χ0) is 15.5. The molecule has 6 heteroatoms. The van der Waals surface area contributed by atoms with E-state index in [1.54, 1.807) is 36.3 Å². The molecular formula is C16H20N4O2. The smallest absolute Gasteiger partial charge is 0.255 e. The van der Waals surface area contributed by atoms with Crippen LogP contribution in [0.15, 0.2) is 37.1 Å². The maximum atomic E-state index is 12.6. The third-order valence-corrected chi connectivity index (χ3v) is 4.01. The maximum absolute atomic E-state index is 12.6. The van der Waals surface area contributed by atoms with Crippen molar-refractivity contribution in [1.29, 1.82) is 0 Å². The normalized spacial score (nSPS) is 19.4. The topological polar surface area (TPSA) is 71.2 Å². The van der Waals surface area contributed by atoms with Gasteiger partial charge in [0.05, 0.1) is 11.7 Å². The molecule has 2 aromatic heterocycles. The number of nitrogens with zero attached hydrogens (tertiary/aromatic N) is 4. The number of aliphatic hydroxyl groups excluding tert-OH is 1. The van der Waals surface area contributed by atoms with Gasteiger partial charge in [0, 0.05) is 31.2 Å². The number of imidazole rings is 1. The monoisotopic (exact) mass is 300 g/mol. The average Bonchev–Trinajstić information content (AvgIpc) is 3.17. The quantitative estimate of drug-likeness (QED) is 0.932. The number of hydrogen-bond donors (Lipinski definition) is 1. The third kappa shape index (κ3) is 3.01. The molecule has 3 rings (SSSR count). The predicted molar refractivity (Wildman–Crippen MR) is 81.7 cm³/mol. The summed E-state index contributed by atoms with van der Waals surface area (Å²) >= 11 is 0. The summed E-state index contributed by atoms with van der Waals surface area (Å²) in [6.07, 6.45) is 8.96. The molecule has 2 unspecified atom stereocenters. The zero-order valence-electron chi connectivity index (χ0n) is 12.6. The van der Waals surface area contributed by atoms with E-state index >= 15 is 0 Å². The van der Waals surface area contributed by atoms with Crippen molar-refractivity contribution in [3.05, 3.63) is 42.6 Å². The molecule has 0 spiro atoms. The van der Waals surface area contributed by atoms with Gasteiger partial charge in [-0.2, -0.15) is 0 Å². The SMILES string of the molecule is CC(O)CC1CCCN1C(=O)c1ccc(-n2ccnc2)nc1. The molecule has 1 fully saturated rings. The second kappa shape index (κ2) is 6.27. The minimum Gasteiger partial charge on any atom is -0.393 e. The summed E-state index contributed by atoms with van der Waals surface area (Å²) in [5.41, 5.74) is 0.585. The van der Waals surface area contributed by atoms with Gasteiger partial charge >= 0.3 is 0 Å². The number of carbonyl (C=O) groups excluding carboxylic acids is 1. The van der Waals surface area contributed by atoms with E-state index < -0.39 is 0 Å². The van der Waals surface area contributed by atoms with Crippen LogP contribution in [0.3, 0.4) is 0 Å². The van der Waals surface area contributed by atoms with Crippen LogP contribution in [0, 0.1) is 0 Å². The first-order valence-corrected chi connectivity index (χ1v) is 7.58. The Morgan fingerprint density at radius 3 is 3.00 bits per heavy atom. The second-order valence-corrected chi connectivity index (χ2v) is 5.75. The molecule has 2 aromatic rings. The molecule has 0 aromatic carbocycles. The third-order valence-electron chi connectivity index (χ3n) is 4.01. The molecule has 0 aliphatic carbocycles. The van der Waals surface area contributed by atoms with E-state index in [-0.39, 0.29) is 18.1 Å². The van der Waals surface area contributed by atoms with Crippen LogP contribution in [0.2, 0.25) is 0 Å². The van der Waals surface area contributed by atoms with Crippen LogP contribution in [0.5, 0.6) is 0 Å². The first-order chi connectivity index (χ1) is 10.6. The Hall–Kier alpha value is -2.21. The number of rotatable bonds is 4. The summed E-state index contributed by atoms with van der Waals surface area (Å²) < 4.78 is 1.79. The van der Waals surface area contributed by atoms with Gasteiger partial charge < -0.3 is 10.0 Å². The predicted octanol–water partition coefficient (Wildman–Crippen LogP) is 1.64. The Bertz CT molecular complexity index is 622. The molecule has 0 saturated carbocycles. The molecule has 116 valence electrons. The molecule has 1 aliphatic heterocycles. The lowest BCUT2D eigenvalue weighted by Gasteiger charge is -2.25. The standard InChI is InChI=1S/C16H20N4O2/c1-12(21)9-14-3-2-7-20(14)16(22)13-4-5-15(18-10-13)19-8-6-17-11-19/h4-6,8,10-12,14,21H,2-3,7,9H2,1H3. The van der Waals surface area contributed by atoms with Crippen molar-refractivity contribution in [3.8, 4) is 5.82 Å². The van der Waals surface area contributed by atoms with Gasteiger partial charge in [-0.3, -0.25) is 9.36 Å². The average molecular weight is 300 g/mol. The van der Waals surface area contributed by atoms with Crippen molar-refractivity contribution < 1.29 is 9.90 Å². The Morgan fingerprint density at radius 2 is 2.36 bits per heavy atom. The summed E-state index contributed by atoms with van der Waals surface area (Å²) in [6.45, 7) is 2.52. The minimum absolute atomic E-state index is 0.00664. The number of carbonyl (C=O) groups is 1. The molecule has 1 N–H and O–H groups in total. The van der Waals surface area contributed by atoms with E-state index in [0.717, 1.165) is 25.2 Å². The molecule has 22 heavy (non-hydrogen) atoms. The number of aliphatic hydroxyl groups is 1. The Morgan fingerprint density at radius 1 is 1.50 bits per heavy atom. The number of hydrogen-bond acceptors (Lipinski definition) is 4. The lowest BCUT2D eigenvalue weighted by atomic mass is 10.1. The summed E-state index contributed by atoms with van der Waals surface area (Å²) in [4.78, 5) is 22.8. The van der Waals surface area contributed by atoms with E-state index in [2.05, 4.69) is 9.97 Å². The molecule has 6 nitrogen and oxygen atoms in total. The van der Waals surface area contributed by atoms with Crippen LogP contribution in [-0.4, -0.2) is 49.1 Å². The van der Waals surface area contributed by atoms with Crippen LogP contribution in [-0.2, 0) is 0 Å². The van der Waals surface area contributed by atoms with Crippen molar-refractivity contribution in [2.75, 3.05) is 6.54 Å². The van der Waals surface area contributed by atoms with E-state index in [9.17, 15) is 9.90 Å². The van der Waals surface area contributed by atoms with E-state index in [0.29, 0.717) is 12.0 Å². The highest BCUT2D eigenvalue weighted by molar-refractivity contribution is 5.94. The van der Waals surface area contributed by atoms with Crippen LogP contribution >= 0.6 is 0 Å². The van der Waals surface area contributed by atoms with Crippen molar-refractivity contribution in [2.24, 2.45) is 0 Å². The summed E-state index contributed by atoms with van der Waals surface area (Å²) in [5, 5.41) is 9.57. The highest BCUT2D eigenvalue weighted by Crippen LogP contribution is 2.23. The fourth-order valence-corrected chi connectivity index (χ4v) is 2.97. The van der Waals surface area contributed by atoms with Crippen molar-refractivity contribution in [1.82, 2.24) is 19.4 Å². The van der Waals surface area contributed by atoms with Crippen LogP contribution in [0.1, 0.15) is 36.5 Å². The van der Waals surface area contributed by atoms with Crippen LogP contribution in [0.25, 0.3) is 5.82 Å². The van der Waals surface area contributed by atoms with Gasteiger partial charge in [-0.15, -0.1) is 0 Å². The summed E-state index contributed by atoms with van der Waals surface area (Å²) in [6, 6.07) is 3.73. The summed E-state index contributed by atoms with van der Waals surface area (Å²) in [7, 11) is 0. The van der Waals surface area contributed by atoms with Gasteiger partial charge in [-0.05, 0) is 38.3 Å². The lowest BCUT2D eigenvalue weighted by Crippen LogP contribution is -2.37. The van der Waals surface area contributed by atoms with Crippen molar-refractivity contribution >= 4 is 5.91 Å². The van der Waals surface area contributed by atoms with Gasteiger partial charge in [-0.1, -0.05) is 0 Å². The molecule has 3 heterocycles. The fourth-order valence-electron chi connectivity index (χ4n) is 2.97. The van der Waals surface area contributed by atoms with Gasteiger partial charge in [0.2, 0.25) is 0 Å². The summed E-state index contributed by atoms with van der Waals surface area (Å²) in [5.74, 6) is 0.726. The second-order valence-electron chi connectivity index (χ2n) is 5.75. The Labute approximate surface area is 129 Å². The Balaban J connectivity index is 1.74. The molecule has 1 amide bonds.